The Hall–Kier alpha value is -2.14. The van der Waals surface area contributed by atoms with E-state index in [0.29, 0.717) is 5.89 Å². The SMILES string of the molecule is Cc1ccc(-c2nnco2)cc1NCc1sccc1C. The van der Waals surface area contributed by atoms with E-state index >= 15 is 0 Å². The second-order valence-corrected chi connectivity index (χ2v) is 5.65. The molecule has 1 N–H and O–H groups in total. The number of hydrogen-bond acceptors (Lipinski definition) is 5. The Morgan fingerprint density at radius 2 is 2.10 bits per heavy atom. The summed E-state index contributed by atoms with van der Waals surface area (Å²) < 4.78 is 5.24. The number of anilines is 1. The Morgan fingerprint density at radius 1 is 1.20 bits per heavy atom. The van der Waals surface area contributed by atoms with Crippen LogP contribution in [0.15, 0.2) is 40.5 Å². The van der Waals surface area contributed by atoms with Gasteiger partial charge in [0.05, 0.1) is 0 Å². The highest BCUT2D eigenvalue weighted by Crippen LogP contribution is 2.25. The van der Waals surface area contributed by atoms with Crippen molar-refractivity contribution in [3.63, 3.8) is 0 Å². The molecule has 0 radical (unpaired) electrons. The number of rotatable bonds is 4. The average Bonchev–Trinajstić information content (AvgIpc) is 3.10. The van der Waals surface area contributed by atoms with Gasteiger partial charge in [0.25, 0.3) is 0 Å². The van der Waals surface area contributed by atoms with Crippen molar-refractivity contribution in [1.82, 2.24) is 10.2 Å². The first kappa shape index (κ1) is 12.9. The number of thiophene rings is 1. The molecule has 0 aliphatic carbocycles. The lowest BCUT2D eigenvalue weighted by atomic mass is 10.1. The van der Waals surface area contributed by atoms with Gasteiger partial charge in [-0.05, 0) is 48.6 Å². The summed E-state index contributed by atoms with van der Waals surface area (Å²) in [6.45, 7) is 5.05. The number of nitrogens with zero attached hydrogens (tertiary/aromatic N) is 2. The molecule has 0 fully saturated rings. The van der Waals surface area contributed by atoms with Gasteiger partial charge in [-0.3, -0.25) is 0 Å². The quantitative estimate of drug-likeness (QED) is 0.786. The molecule has 3 rings (SSSR count). The maximum atomic E-state index is 5.24. The number of nitrogens with one attached hydrogen (secondary N) is 1. The van der Waals surface area contributed by atoms with Crippen molar-refractivity contribution in [2.45, 2.75) is 20.4 Å². The highest BCUT2D eigenvalue weighted by molar-refractivity contribution is 7.10. The van der Waals surface area contributed by atoms with Gasteiger partial charge in [-0.2, -0.15) is 0 Å². The van der Waals surface area contributed by atoms with Crippen LogP contribution < -0.4 is 5.32 Å². The van der Waals surface area contributed by atoms with E-state index in [1.54, 1.807) is 11.3 Å². The van der Waals surface area contributed by atoms with Crippen LogP contribution >= 0.6 is 11.3 Å². The third kappa shape index (κ3) is 2.58. The van der Waals surface area contributed by atoms with Crippen molar-refractivity contribution in [3.05, 3.63) is 52.0 Å². The maximum Gasteiger partial charge on any atom is 0.247 e. The van der Waals surface area contributed by atoms with Crippen LogP contribution in [0.5, 0.6) is 0 Å². The van der Waals surface area contributed by atoms with E-state index in [2.05, 4.69) is 46.9 Å². The van der Waals surface area contributed by atoms with Gasteiger partial charge >= 0.3 is 0 Å². The van der Waals surface area contributed by atoms with Crippen LogP contribution in [0.25, 0.3) is 11.5 Å². The summed E-state index contributed by atoms with van der Waals surface area (Å²) in [4.78, 5) is 1.35. The fourth-order valence-corrected chi connectivity index (χ4v) is 2.85. The molecule has 0 saturated heterocycles. The molecule has 20 heavy (non-hydrogen) atoms. The van der Waals surface area contributed by atoms with Gasteiger partial charge in [-0.15, -0.1) is 21.5 Å². The van der Waals surface area contributed by atoms with E-state index in [-0.39, 0.29) is 0 Å². The van der Waals surface area contributed by atoms with Gasteiger partial charge in [0, 0.05) is 22.7 Å². The fourth-order valence-electron chi connectivity index (χ4n) is 2.01. The van der Waals surface area contributed by atoms with Crippen LogP contribution in [-0.2, 0) is 6.54 Å². The minimum atomic E-state index is 0.542. The Morgan fingerprint density at radius 3 is 2.80 bits per heavy atom. The zero-order valence-electron chi connectivity index (χ0n) is 11.4. The highest BCUT2D eigenvalue weighted by atomic mass is 32.1. The van der Waals surface area contributed by atoms with Crippen molar-refractivity contribution in [2.75, 3.05) is 5.32 Å². The number of aryl methyl sites for hydroxylation is 2. The molecule has 102 valence electrons. The van der Waals surface area contributed by atoms with Crippen molar-refractivity contribution < 1.29 is 4.42 Å². The van der Waals surface area contributed by atoms with Crippen molar-refractivity contribution in [3.8, 4) is 11.5 Å². The molecule has 2 aromatic heterocycles. The highest BCUT2D eigenvalue weighted by Gasteiger charge is 2.07. The summed E-state index contributed by atoms with van der Waals surface area (Å²) in [6, 6.07) is 8.24. The number of aromatic nitrogens is 2. The topological polar surface area (TPSA) is 51.0 Å². The predicted octanol–water partition coefficient (Wildman–Crippen LogP) is 4.03. The van der Waals surface area contributed by atoms with Gasteiger partial charge in [-0.25, -0.2) is 0 Å². The Kier molecular flexibility index (Phi) is 3.52. The predicted molar refractivity (Wildman–Crippen MR) is 80.9 cm³/mol. The van der Waals surface area contributed by atoms with E-state index in [0.717, 1.165) is 17.8 Å². The molecule has 4 nitrogen and oxygen atoms in total. The second-order valence-electron chi connectivity index (χ2n) is 4.65. The third-order valence-corrected chi connectivity index (χ3v) is 4.28. The van der Waals surface area contributed by atoms with Gasteiger partial charge in [0.15, 0.2) is 0 Å². The molecule has 1 aromatic carbocycles. The molecule has 5 heteroatoms. The molecule has 0 atom stereocenters. The van der Waals surface area contributed by atoms with E-state index in [4.69, 9.17) is 4.42 Å². The first-order chi connectivity index (χ1) is 9.74. The van der Waals surface area contributed by atoms with Crippen LogP contribution in [-0.4, -0.2) is 10.2 Å². The number of benzene rings is 1. The molecule has 0 spiro atoms. The zero-order chi connectivity index (χ0) is 13.9. The van der Waals surface area contributed by atoms with E-state index < -0.39 is 0 Å². The van der Waals surface area contributed by atoms with E-state index in [1.165, 1.54) is 22.4 Å². The van der Waals surface area contributed by atoms with Crippen LogP contribution in [0.1, 0.15) is 16.0 Å². The van der Waals surface area contributed by atoms with E-state index in [9.17, 15) is 0 Å². The maximum absolute atomic E-state index is 5.24. The summed E-state index contributed by atoms with van der Waals surface area (Å²) in [5.74, 6) is 0.542. The molecular weight excluding hydrogens is 270 g/mol. The standard InChI is InChI=1S/C15H15N3OS/c1-10-3-4-12(15-18-17-9-19-15)7-13(10)16-8-14-11(2)5-6-20-14/h3-7,9,16H,8H2,1-2H3. The molecule has 3 aromatic rings. The van der Waals surface area contributed by atoms with Crippen molar-refractivity contribution >= 4 is 17.0 Å². The lowest BCUT2D eigenvalue weighted by Crippen LogP contribution is -2.00. The van der Waals surface area contributed by atoms with Crippen LogP contribution in [0.4, 0.5) is 5.69 Å². The third-order valence-electron chi connectivity index (χ3n) is 3.25. The van der Waals surface area contributed by atoms with Gasteiger partial charge < -0.3 is 9.73 Å². The molecule has 0 aliphatic rings. The molecule has 0 saturated carbocycles. The molecule has 0 amide bonds. The number of hydrogen-bond donors (Lipinski definition) is 1. The van der Waals surface area contributed by atoms with Gasteiger partial charge in [0.1, 0.15) is 0 Å². The monoisotopic (exact) mass is 285 g/mol. The average molecular weight is 285 g/mol. The van der Waals surface area contributed by atoms with Crippen LogP contribution in [0.3, 0.4) is 0 Å². The Bertz CT molecular complexity index is 704. The summed E-state index contributed by atoms with van der Waals surface area (Å²) in [5.41, 5.74) is 4.54. The zero-order valence-corrected chi connectivity index (χ0v) is 12.2. The molecule has 0 aliphatic heterocycles. The lowest BCUT2D eigenvalue weighted by Gasteiger charge is -2.10. The summed E-state index contributed by atoms with van der Waals surface area (Å²) in [7, 11) is 0. The Labute approximate surface area is 121 Å². The first-order valence-electron chi connectivity index (χ1n) is 6.38. The minimum Gasteiger partial charge on any atom is -0.423 e. The molecule has 0 bridgehead atoms. The van der Waals surface area contributed by atoms with Gasteiger partial charge in [0.2, 0.25) is 12.3 Å². The van der Waals surface area contributed by atoms with Crippen LogP contribution in [0, 0.1) is 13.8 Å². The molecular formula is C15H15N3OS. The minimum absolute atomic E-state index is 0.542. The smallest absolute Gasteiger partial charge is 0.247 e. The van der Waals surface area contributed by atoms with Crippen molar-refractivity contribution in [2.24, 2.45) is 0 Å². The summed E-state index contributed by atoms with van der Waals surface area (Å²) >= 11 is 1.77. The fraction of sp³-hybridized carbons (Fsp3) is 0.200. The second kappa shape index (κ2) is 5.46. The lowest BCUT2D eigenvalue weighted by molar-refractivity contribution is 0.568. The Balaban J connectivity index is 1.82. The van der Waals surface area contributed by atoms with Crippen LogP contribution in [0.2, 0.25) is 0 Å². The molecule has 0 unspecified atom stereocenters. The van der Waals surface area contributed by atoms with Gasteiger partial charge in [-0.1, -0.05) is 6.07 Å². The summed E-state index contributed by atoms with van der Waals surface area (Å²) in [5, 5.41) is 13.3. The van der Waals surface area contributed by atoms with E-state index in [1.807, 2.05) is 12.1 Å². The van der Waals surface area contributed by atoms with Crippen molar-refractivity contribution in [1.29, 1.82) is 0 Å². The normalized spacial score (nSPS) is 10.7. The summed E-state index contributed by atoms with van der Waals surface area (Å²) in [6.07, 6.45) is 1.34. The molecule has 2 heterocycles. The first-order valence-corrected chi connectivity index (χ1v) is 7.26. The largest absolute Gasteiger partial charge is 0.423 e.